The van der Waals surface area contributed by atoms with Crippen molar-refractivity contribution in [1.82, 2.24) is 9.97 Å². The van der Waals surface area contributed by atoms with E-state index in [2.05, 4.69) is 41.8 Å². The van der Waals surface area contributed by atoms with E-state index in [4.69, 9.17) is 15.2 Å². The first-order chi connectivity index (χ1) is 8.60. The molecule has 5 nitrogen and oxygen atoms in total. The van der Waals surface area contributed by atoms with E-state index < -0.39 is 0 Å². The molecule has 0 aliphatic heterocycles. The minimum absolute atomic E-state index is 0.302. The number of benzene rings is 1. The van der Waals surface area contributed by atoms with Crippen LogP contribution in [0.3, 0.4) is 0 Å². The molecule has 2 N–H and O–H groups in total. The normalized spacial score (nSPS) is 10.2. The lowest BCUT2D eigenvalue weighted by molar-refractivity contribution is 0.408. The molecule has 94 valence electrons. The Balaban J connectivity index is 2.32. The van der Waals surface area contributed by atoms with Crippen LogP contribution >= 0.6 is 31.9 Å². The van der Waals surface area contributed by atoms with E-state index in [1.165, 1.54) is 12.4 Å². The summed E-state index contributed by atoms with van der Waals surface area (Å²) in [7, 11) is 1.59. The Bertz CT molecular complexity index is 578. The van der Waals surface area contributed by atoms with E-state index in [0.29, 0.717) is 23.2 Å². The van der Waals surface area contributed by atoms with Crippen molar-refractivity contribution >= 4 is 37.7 Å². The molecule has 1 aromatic heterocycles. The highest BCUT2D eigenvalue weighted by Gasteiger charge is 2.10. The molecule has 18 heavy (non-hydrogen) atoms. The van der Waals surface area contributed by atoms with E-state index in [9.17, 15) is 0 Å². The van der Waals surface area contributed by atoms with Gasteiger partial charge in [0.1, 0.15) is 17.3 Å². The van der Waals surface area contributed by atoms with Crippen molar-refractivity contribution in [3.8, 4) is 17.4 Å². The number of methoxy groups -OCH3 is 1. The number of ether oxygens (including phenoxy) is 2. The van der Waals surface area contributed by atoms with Crippen molar-refractivity contribution in [2.45, 2.75) is 0 Å². The van der Waals surface area contributed by atoms with Crippen LogP contribution in [0.5, 0.6) is 17.4 Å². The number of hydrogen-bond donors (Lipinski definition) is 1. The highest BCUT2D eigenvalue weighted by atomic mass is 79.9. The lowest BCUT2D eigenvalue weighted by atomic mass is 10.3. The van der Waals surface area contributed by atoms with Crippen molar-refractivity contribution in [3.63, 3.8) is 0 Å². The summed E-state index contributed by atoms with van der Waals surface area (Å²) in [6, 6.07) is 3.56. The quantitative estimate of drug-likeness (QED) is 0.891. The van der Waals surface area contributed by atoms with Crippen LogP contribution in [0, 0.1) is 0 Å². The van der Waals surface area contributed by atoms with Gasteiger partial charge >= 0.3 is 0 Å². The van der Waals surface area contributed by atoms with Crippen LogP contribution in [-0.2, 0) is 0 Å². The van der Waals surface area contributed by atoms with Gasteiger partial charge in [-0.1, -0.05) is 0 Å². The molecule has 0 saturated carbocycles. The van der Waals surface area contributed by atoms with E-state index in [0.717, 1.165) is 8.95 Å². The van der Waals surface area contributed by atoms with Crippen molar-refractivity contribution in [2.24, 2.45) is 0 Å². The minimum Gasteiger partial charge on any atom is -0.496 e. The molecular formula is C11H9Br2N3O2. The first-order valence-electron chi connectivity index (χ1n) is 4.88. The number of rotatable bonds is 3. The van der Waals surface area contributed by atoms with Gasteiger partial charge < -0.3 is 15.2 Å². The second-order valence-electron chi connectivity index (χ2n) is 3.30. The number of aromatic nitrogens is 2. The van der Waals surface area contributed by atoms with Gasteiger partial charge in [0, 0.05) is 0 Å². The summed E-state index contributed by atoms with van der Waals surface area (Å²) < 4.78 is 12.3. The zero-order valence-corrected chi connectivity index (χ0v) is 12.5. The van der Waals surface area contributed by atoms with Gasteiger partial charge in [-0.3, -0.25) is 4.98 Å². The van der Waals surface area contributed by atoms with E-state index in [1.54, 1.807) is 19.2 Å². The maximum atomic E-state index is 5.58. The van der Waals surface area contributed by atoms with Gasteiger partial charge in [-0.2, -0.15) is 4.98 Å². The Morgan fingerprint density at radius 3 is 2.44 bits per heavy atom. The molecule has 0 aliphatic rings. The highest BCUT2D eigenvalue weighted by molar-refractivity contribution is 9.11. The molecule has 0 radical (unpaired) electrons. The Morgan fingerprint density at radius 2 is 1.78 bits per heavy atom. The van der Waals surface area contributed by atoms with Crippen LogP contribution in [-0.4, -0.2) is 17.1 Å². The number of hydrogen-bond acceptors (Lipinski definition) is 5. The van der Waals surface area contributed by atoms with E-state index in [-0.39, 0.29) is 0 Å². The molecule has 1 heterocycles. The molecule has 0 amide bonds. The summed E-state index contributed by atoms with van der Waals surface area (Å²) in [5, 5.41) is 0. The van der Waals surface area contributed by atoms with Crippen LogP contribution in [0.4, 0.5) is 5.82 Å². The third-order valence-corrected chi connectivity index (χ3v) is 3.29. The van der Waals surface area contributed by atoms with E-state index >= 15 is 0 Å². The van der Waals surface area contributed by atoms with Gasteiger partial charge in [-0.05, 0) is 44.0 Å². The second kappa shape index (κ2) is 5.53. The number of nitrogen functional groups attached to an aromatic ring is 1. The van der Waals surface area contributed by atoms with Crippen molar-refractivity contribution in [1.29, 1.82) is 0 Å². The molecule has 0 saturated heterocycles. The monoisotopic (exact) mass is 373 g/mol. The van der Waals surface area contributed by atoms with Crippen LogP contribution in [0.15, 0.2) is 33.5 Å². The molecule has 0 unspecified atom stereocenters. The van der Waals surface area contributed by atoms with Gasteiger partial charge in [-0.15, -0.1) is 0 Å². The molecule has 0 spiro atoms. The molecule has 1 aromatic carbocycles. The van der Waals surface area contributed by atoms with Crippen LogP contribution in [0.25, 0.3) is 0 Å². The maximum absolute atomic E-state index is 5.58. The fourth-order valence-corrected chi connectivity index (χ4v) is 2.16. The lowest BCUT2D eigenvalue weighted by Crippen LogP contribution is -1.95. The Kier molecular flexibility index (Phi) is 4.03. The Morgan fingerprint density at radius 1 is 1.11 bits per heavy atom. The molecule has 7 heteroatoms. The third-order valence-electron chi connectivity index (χ3n) is 2.05. The first-order valence-corrected chi connectivity index (χ1v) is 6.47. The van der Waals surface area contributed by atoms with Gasteiger partial charge in [0.05, 0.1) is 28.4 Å². The molecule has 0 bridgehead atoms. The predicted molar refractivity (Wildman–Crippen MR) is 74.9 cm³/mol. The molecule has 0 aliphatic carbocycles. The largest absolute Gasteiger partial charge is 0.496 e. The van der Waals surface area contributed by atoms with E-state index in [1.807, 2.05) is 0 Å². The molecule has 2 aromatic rings. The predicted octanol–water partition coefficient (Wildman–Crippen LogP) is 3.38. The summed E-state index contributed by atoms with van der Waals surface area (Å²) in [5.74, 6) is 1.92. The lowest BCUT2D eigenvalue weighted by Gasteiger charge is -2.10. The van der Waals surface area contributed by atoms with Gasteiger partial charge in [0.15, 0.2) is 0 Å². The Labute approximate surface area is 121 Å². The number of halogens is 2. The summed E-state index contributed by atoms with van der Waals surface area (Å²) >= 11 is 6.78. The summed E-state index contributed by atoms with van der Waals surface area (Å²) in [4.78, 5) is 7.91. The number of nitrogens with zero attached hydrogens (tertiary/aromatic N) is 2. The molecule has 2 rings (SSSR count). The fourth-order valence-electron chi connectivity index (χ4n) is 1.27. The average molecular weight is 375 g/mol. The van der Waals surface area contributed by atoms with Crippen molar-refractivity contribution in [3.05, 3.63) is 33.5 Å². The SMILES string of the molecule is COc1cc(Br)c(Oc2cncc(N)n2)cc1Br. The summed E-state index contributed by atoms with van der Waals surface area (Å²) in [6.07, 6.45) is 2.94. The zero-order chi connectivity index (χ0) is 13.1. The number of nitrogens with two attached hydrogens (primary N) is 1. The Hall–Kier alpha value is -1.34. The maximum Gasteiger partial charge on any atom is 0.239 e. The second-order valence-corrected chi connectivity index (χ2v) is 5.01. The van der Waals surface area contributed by atoms with Crippen LogP contribution in [0.1, 0.15) is 0 Å². The number of anilines is 1. The van der Waals surface area contributed by atoms with Crippen molar-refractivity contribution in [2.75, 3.05) is 12.8 Å². The topological polar surface area (TPSA) is 70.3 Å². The van der Waals surface area contributed by atoms with Gasteiger partial charge in [0.25, 0.3) is 0 Å². The van der Waals surface area contributed by atoms with Crippen molar-refractivity contribution < 1.29 is 9.47 Å². The summed E-state index contributed by atoms with van der Waals surface area (Å²) in [5.41, 5.74) is 5.53. The van der Waals surface area contributed by atoms with Crippen LogP contribution in [0.2, 0.25) is 0 Å². The first kappa shape index (κ1) is 13.1. The molecular weight excluding hydrogens is 366 g/mol. The standard InChI is InChI=1S/C11H9Br2N3O2/c1-17-8-2-7(13)9(3-6(8)12)18-11-5-15-4-10(14)16-11/h2-5H,1H3,(H2,14,16). The van der Waals surface area contributed by atoms with Gasteiger partial charge in [0.2, 0.25) is 5.88 Å². The average Bonchev–Trinajstić information content (AvgIpc) is 2.33. The zero-order valence-electron chi connectivity index (χ0n) is 9.35. The minimum atomic E-state index is 0.302. The molecule has 0 fully saturated rings. The third kappa shape index (κ3) is 2.91. The van der Waals surface area contributed by atoms with Crippen LogP contribution < -0.4 is 15.2 Å². The van der Waals surface area contributed by atoms with Gasteiger partial charge in [-0.25, -0.2) is 0 Å². The molecule has 0 atom stereocenters. The summed E-state index contributed by atoms with van der Waals surface area (Å²) in [6.45, 7) is 0. The smallest absolute Gasteiger partial charge is 0.239 e. The highest BCUT2D eigenvalue weighted by Crippen LogP contribution is 2.37. The fraction of sp³-hybridized carbons (Fsp3) is 0.0909.